The van der Waals surface area contributed by atoms with E-state index in [0.29, 0.717) is 17.9 Å². The number of halogens is 1. The molecule has 0 fully saturated rings. The minimum atomic E-state index is -0.237. The summed E-state index contributed by atoms with van der Waals surface area (Å²) in [5.41, 5.74) is 8.94. The lowest BCUT2D eigenvalue weighted by Crippen LogP contribution is -2.05. The summed E-state index contributed by atoms with van der Waals surface area (Å²) in [7, 11) is 0. The summed E-state index contributed by atoms with van der Waals surface area (Å²) < 4.78 is 13.6. The molecule has 0 aliphatic heterocycles. The molecule has 0 atom stereocenters. The van der Waals surface area contributed by atoms with Crippen LogP contribution in [0.4, 0.5) is 15.8 Å². The first-order chi connectivity index (χ1) is 8.18. The zero-order valence-corrected chi connectivity index (χ0v) is 9.70. The van der Waals surface area contributed by atoms with Crippen molar-refractivity contribution in [1.82, 2.24) is 0 Å². The van der Waals surface area contributed by atoms with Crippen LogP contribution in [0.5, 0.6) is 0 Å². The summed E-state index contributed by atoms with van der Waals surface area (Å²) in [6.07, 6.45) is 0. The average molecular weight is 230 g/mol. The smallest absolute Gasteiger partial charge is 0.146 e. The number of anilines is 2. The molecule has 0 spiro atoms. The number of nitrogen functional groups attached to an aromatic ring is 1. The van der Waals surface area contributed by atoms with E-state index >= 15 is 0 Å². The molecule has 0 aliphatic rings. The van der Waals surface area contributed by atoms with E-state index in [2.05, 4.69) is 5.32 Å². The fraction of sp³-hybridized carbons (Fsp3) is 0.143. The van der Waals surface area contributed by atoms with Crippen LogP contribution in [-0.2, 0) is 6.54 Å². The monoisotopic (exact) mass is 230 g/mol. The van der Waals surface area contributed by atoms with Crippen LogP contribution in [-0.4, -0.2) is 0 Å². The Kier molecular flexibility index (Phi) is 3.28. The van der Waals surface area contributed by atoms with Crippen molar-refractivity contribution in [2.45, 2.75) is 13.5 Å². The summed E-state index contributed by atoms with van der Waals surface area (Å²) in [4.78, 5) is 0. The van der Waals surface area contributed by atoms with E-state index in [0.717, 1.165) is 11.1 Å². The fourth-order valence-electron chi connectivity index (χ4n) is 1.73. The maximum atomic E-state index is 13.6. The van der Waals surface area contributed by atoms with Gasteiger partial charge in [0.25, 0.3) is 0 Å². The second kappa shape index (κ2) is 4.87. The van der Waals surface area contributed by atoms with Crippen molar-refractivity contribution in [1.29, 1.82) is 0 Å². The second-order valence-corrected chi connectivity index (χ2v) is 3.98. The van der Waals surface area contributed by atoms with Crippen LogP contribution in [0.3, 0.4) is 0 Å². The van der Waals surface area contributed by atoms with Crippen molar-refractivity contribution in [3.8, 4) is 0 Å². The molecular weight excluding hydrogens is 215 g/mol. The van der Waals surface area contributed by atoms with Gasteiger partial charge >= 0.3 is 0 Å². The molecule has 2 rings (SSSR count). The van der Waals surface area contributed by atoms with Crippen LogP contribution in [0.25, 0.3) is 0 Å². The molecule has 0 radical (unpaired) electrons. The van der Waals surface area contributed by atoms with Gasteiger partial charge in [-0.1, -0.05) is 30.3 Å². The third kappa shape index (κ3) is 2.56. The van der Waals surface area contributed by atoms with Gasteiger partial charge < -0.3 is 11.1 Å². The third-order valence-electron chi connectivity index (χ3n) is 2.73. The number of benzene rings is 2. The minimum Gasteiger partial charge on any atom is -0.398 e. The highest BCUT2D eigenvalue weighted by Gasteiger charge is 2.05. The predicted molar refractivity (Wildman–Crippen MR) is 69.3 cm³/mol. The molecule has 2 aromatic carbocycles. The molecule has 0 aliphatic carbocycles. The van der Waals surface area contributed by atoms with Crippen LogP contribution in [0.15, 0.2) is 42.5 Å². The highest BCUT2D eigenvalue weighted by atomic mass is 19.1. The van der Waals surface area contributed by atoms with Crippen molar-refractivity contribution < 1.29 is 4.39 Å². The van der Waals surface area contributed by atoms with E-state index in [1.807, 2.05) is 37.3 Å². The van der Waals surface area contributed by atoms with Gasteiger partial charge in [0.05, 0.1) is 5.69 Å². The van der Waals surface area contributed by atoms with Gasteiger partial charge in [0.2, 0.25) is 0 Å². The molecule has 0 heterocycles. The molecule has 3 N–H and O–H groups in total. The van der Waals surface area contributed by atoms with Crippen molar-refractivity contribution in [2.24, 2.45) is 0 Å². The molecule has 2 nitrogen and oxygen atoms in total. The molecule has 0 aromatic heterocycles. The van der Waals surface area contributed by atoms with Gasteiger partial charge in [0.1, 0.15) is 5.82 Å². The van der Waals surface area contributed by atoms with Gasteiger partial charge in [0.15, 0.2) is 0 Å². The first kappa shape index (κ1) is 11.5. The summed E-state index contributed by atoms with van der Waals surface area (Å²) in [5, 5.41) is 3.08. The number of nitrogens with two attached hydrogens (primary N) is 1. The Labute approximate surface area is 100 Å². The number of hydrogen-bond acceptors (Lipinski definition) is 2. The number of hydrogen-bond donors (Lipinski definition) is 2. The Bertz CT molecular complexity index is 503. The molecule has 0 saturated heterocycles. The standard InChI is InChI=1S/C14H15FN2/c1-10-5-4-7-12(15)14(10)17-9-11-6-2-3-8-13(11)16/h2-8,17H,9,16H2,1H3. The van der Waals surface area contributed by atoms with Gasteiger partial charge in [-0.3, -0.25) is 0 Å². The van der Waals surface area contributed by atoms with Gasteiger partial charge in [-0.2, -0.15) is 0 Å². The third-order valence-corrected chi connectivity index (χ3v) is 2.73. The zero-order chi connectivity index (χ0) is 12.3. The summed E-state index contributed by atoms with van der Waals surface area (Å²) in [5.74, 6) is -0.237. The molecule has 0 amide bonds. The summed E-state index contributed by atoms with van der Waals surface area (Å²) in [6.45, 7) is 2.40. The number of nitrogens with one attached hydrogen (secondary N) is 1. The first-order valence-electron chi connectivity index (χ1n) is 5.51. The molecule has 0 saturated carbocycles. The maximum Gasteiger partial charge on any atom is 0.146 e. The predicted octanol–water partition coefficient (Wildman–Crippen LogP) is 3.33. The summed E-state index contributed by atoms with van der Waals surface area (Å²) in [6, 6.07) is 12.6. The number of para-hydroxylation sites is 2. The minimum absolute atomic E-state index is 0.237. The highest BCUT2D eigenvalue weighted by Crippen LogP contribution is 2.20. The quantitative estimate of drug-likeness (QED) is 0.794. The topological polar surface area (TPSA) is 38.0 Å². The van der Waals surface area contributed by atoms with Crippen LogP contribution >= 0.6 is 0 Å². The lowest BCUT2D eigenvalue weighted by molar-refractivity contribution is 0.629. The van der Waals surface area contributed by atoms with Gasteiger partial charge in [-0.25, -0.2) is 4.39 Å². The SMILES string of the molecule is Cc1cccc(F)c1NCc1ccccc1N. The van der Waals surface area contributed by atoms with E-state index in [9.17, 15) is 4.39 Å². The van der Waals surface area contributed by atoms with Crippen LogP contribution in [0.2, 0.25) is 0 Å². The molecule has 0 bridgehead atoms. The van der Waals surface area contributed by atoms with Gasteiger partial charge in [-0.15, -0.1) is 0 Å². The van der Waals surface area contributed by atoms with Crippen molar-refractivity contribution in [3.63, 3.8) is 0 Å². The van der Waals surface area contributed by atoms with Crippen molar-refractivity contribution in [2.75, 3.05) is 11.1 Å². The Balaban J connectivity index is 2.16. The van der Waals surface area contributed by atoms with E-state index in [4.69, 9.17) is 5.73 Å². The first-order valence-corrected chi connectivity index (χ1v) is 5.51. The number of rotatable bonds is 3. The molecule has 2 aromatic rings. The molecular formula is C14H15FN2. The molecule has 0 unspecified atom stereocenters. The molecule has 3 heteroatoms. The Morgan fingerprint density at radius 1 is 1.12 bits per heavy atom. The van der Waals surface area contributed by atoms with Crippen molar-refractivity contribution in [3.05, 3.63) is 59.4 Å². The van der Waals surface area contributed by atoms with Gasteiger partial charge in [0, 0.05) is 12.2 Å². The lowest BCUT2D eigenvalue weighted by Gasteiger charge is -2.11. The lowest BCUT2D eigenvalue weighted by atomic mass is 10.1. The van der Waals surface area contributed by atoms with Crippen LogP contribution < -0.4 is 11.1 Å². The highest BCUT2D eigenvalue weighted by molar-refractivity contribution is 5.54. The Hall–Kier alpha value is -2.03. The normalized spacial score (nSPS) is 10.2. The van der Waals surface area contributed by atoms with E-state index in [1.165, 1.54) is 6.07 Å². The fourth-order valence-corrected chi connectivity index (χ4v) is 1.73. The Morgan fingerprint density at radius 2 is 1.88 bits per heavy atom. The number of aryl methyl sites for hydroxylation is 1. The maximum absolute atomic E-state index is 13.6. The van der Waals surface area contributed by atoms with E-state index in [1.54, 1.807) is 6.07 Å². The second-order valence-electron chi connectivity index (χ2n) is 3.98. The zero-order valence-electron chi connectivity index (χ0n) is 9.70. The van der Waals surface area contributed by atoms with Gasteiger partial charge in [-0.05, 0) is 30.2 Å². The molecule has 17 heavy (non-hydrogen) atoms. The average Bonchev–Trinajstić information content (AvgIpc) is 2.30. The molecule has 88 valence electrons. The van der Waals surface area contributed by atoms with E-state index < -0.39 is 0 Å². The summed E-state index contributed by atoms with van der Waals surface area (Å²) >= 11 is 0. The largest absolute Gasteiger partial charge is 0.398 e. The van der Waals surface area contributed by atoms with Crippen LogP contribution in [0.1, 0.15) is 11.1 Å². The van der Waals surface area contributed by atoms with E-state index in [-0.39, 0.29) is 5.82 Å². The van der Waals surface area contributed by atoms with Crippen LogP contribution in [0, 0.1) is 12.7 Å². The van der Waals surface area contributed by atoms with Crippen molar-refractivity contribution >= 4 is 11.4 Å². The Morgan fingerprint density at radius 3 is 2.59 bits per heavy atom.